The third-order valence-electron chi connectivity index (χ3n) is 9.43. The average molecular weight is 363 g/mol. The first-order chi connectivity index (χ1) is 12.5. The first-order valence-corrected chi connectivity index (χ1v) is 11.5. The van der Waals surface area contributed by atoms with E-state index in [0.29, 0.717) is 16.9 Å². The molecule has 0 aromatic heterocycles. The van der Waals surface area contributed by atoms with E-state index in [0.717, 1.165) is 36.2 Å². The Hall–Kier alpha value is -0.0800. The van der Waals surface area contributed by atoms with Crippen LogP contribution in [0.1, 0.15) is 84.5 Å². The maximum atomic E-state index is 6.16. The largest absolute Gasteiger partial charge is 0.384 e. The van der Waals surface area contributed by atoms with Crippen molar-refractivity contribution in [2.75, 3.05) is 20.8 Å². The first kappa shape index (κ1) is 19.2. The fraction of sp³-hybridized carbons (Fsp3) is 1.00. The normalized spacial score (nSPS) is 51.7. The minimum atomic E-state index is 0.532. The van der Waals surface area contributed by atoms with Crippen LogP contribution in [0.2, 0.25) is 0 Å². The molecular weight excluding hydrogens is 320 g/mol. The number of rotatable bonds is 4. The molecule has 0 amide bonds. The van der Waals surface area contributed by atoms with E-state index < -0.39 is 0 Å². The number of hydrogen-bond acceptors (Lipinski definition) is 2. The molecule has 3 unspecified atom stereocenters. The average Bonchev–Trinajstić information content (AvgIpc) is 2.97. The summed E-state index contributed by atoms with van der Waals surface area (Å²) in [4.78, 5) is 0. The zero-order chi connectivity index (χ0) is 18.4. The third-order valence-corrected chi connectivity index (χ3v) is 9.43. The summed E-state index contributed by atoms with van der Waals surface area (Å²) in [6.07, 6.45) is 16.4. The van der Waals surface area contributed by atoms with E-state index >= 15 is 0 Å². The Labute approximate surface area is 161 Å². The molecule has 4 aliphatic rings. The van der Waals surface area contributed by atoms with Crippen molar-refractivity contribution in [1.82, 2.24) is 0 Å². The summed E-state index contributed by atoms with van der Waals surface area (Å²) in [7, 11) is 3.86. The molecule has 4 aliphatic carbocycles. The Morgan fingerprint density at radius 2 is 1.54 bits per heavy atom. The standard InChI is InChI=1S/C24H42O2/c1-17-5-9-23(10-6-17)14-20(21(15-23)26-4)22-18(2)13-24(22)11-7-19(8-12-24)16-25-3/h17-22H,5-16H2,1-4H3/t17?,18-,19?,20?,21?,22?,23?,24?/m0/s1. The molecule has 4 saturated carbocycles. The Morgan fingerprint density at radius 1 is 0.846 bits per heavy atom. The zero-order valence-electron chi connectivity index (χ0n) is 17.8. The lowest BCUT2D eigenvalue weighted by atomic mass is 9.45. The summed E-state index contributed by atoms with van der Waals surface area (Å²) in [6, 6.07) is 0. The van der Waals surface area contributed by atoms with Gasteiger partial charge in [0.2, 0.25) is 0 Å². The Morgan fingerprint density at radius 3 is 2.12 bits per heavy atom. The first-order valence-electron chi connectivity index (χ1n) is 11.5. The maximum absolute atomic E-state index is 6.16. The van der Waals surface area contributed by atoms with Gasteiger partial charge in [0.1, 0.15) is 0 Å². The van der Waals surface area contributed by atoms with Gasteiger partial charge < -0.3 is 9.47 Å². The van der Waals surface area contributed by atoms with Gasteiger partial charge in [-0.05, 0) is 98.2 Å². The van der Waals surface area contributed by atoms with Gasteiger partial charge in [-0.25, -0.2) is 0 Å². The van der Waals surface area contributed by atoms with Crippen molar-refractivity contribution in [3.05, 3.63) is 0 Å². The van der Waals surface area contributed by atoms with Crippen molar-refractivity contribution in [3.8, 4) is 0 Å². The molecule has 0 N–H and O–H groups in total. The molecule has 0 aromatic carbocycles. The van der Waals surface area contributed by atoms with Crippen molar-refractivity contribution < 1.29 is 9.47 Å². The van der Waals surface area contributed by atoms with Crippen LogP contribution < -0.4 is 0 Å². The van der Waals surface area contributed by atoms with Gasteiger partial charge in [0.25, 0.3) is 0 Å². The molecule has 4 atom stereocenters. The quantitative estimate of drug-likeness (QED) is 0.603. The van der Waals surface area contributed by atoms with Crippen molar-refractivity contribution >= 4 is 0 Å². The van der Waals surface area contributed by atoms with Gasteiger partial charge in [0, 0.05) is 20.8 Å². The van der Waals surface area contributed by atoms with Crippen molar-refractivity contribution in [3.63, 3.8) is 0 Å². The van der Waals surface area contributed by atoms with E-state index in [-0.39, 0.29) is 0 Å². The van der Waals surface area contributed by atoms with Gasteiger partial charge in [-0.3, -0.25) is 0 Å². The second-order valence-corrected chi connectivity index (χ2v) is 11.0. The van der Waals surface area contributed by atoms with Crippen molar-refractivity contribution in [2.24, 2.45) is 40.4 Å². The van der Waals surface area contributed by atoms with Crippen molar-refractivity contribution in [2.45, 2.75) is 90.6 Å². The Bertz CT molecular complexity index is 471. The van der Waals surface area contributed by atoms with Crippen LogP contribution in [0.15, 0.2) is 0 Å². The van der Waals surface area contributed by atoms with Crippen LogP contribution in [-0.2, 0) is 9.47 Å². The van der Waals surface area contributed by atoms with E-state index in [1.54, 1.807) is 0 Å². The molecule has 150 valence electrons. The lowest BCUT2D eigenvalue weighted by Gasteiger charge is -2.60. The maximum Gasteiger partial charge on any atom is 0.0607 e. The molecule has 2 nitrogen and oxygen atoms in total. The molecule has 0 aliphatic heterocycles. The molecule has 0 saturated heterocycles. The van der Waals surface area contributed by atoms with E-state index in [4.69, 9.17) is 9.47 Å². The second-order valence-electron chi connectivity index (χ2n) is 11.0. The molecule has 26 heavy (non-hydrogen) atoms. The molecule has 0 aromatic rings. The highest BCUT2D eigenvalue weighted by Crippen LogP contribution is 2.67. The van der Waals surface area contributed by atoms with Gasteiger partial charge in [0.15, 0.2) is 0 Å². The molecule has 0 bridgehead atoms. The van der Waals surface area contributed by atoms with Crippen LogP contribution in [0.5, 0.6) is 0 Å². The summed E-state index contributed by atoms with van der Waals surface area (Å²) < 4.78 is 11.6. The number of ether oxygens (including phenoxy) is 2. The Balaban J connectivity index is 1.46. The molecule has 0 radical (unpaired) electrons. The van der Waals surface area contributed by atoms with E-state index in [1.807, 2.05) is 14.2 Å². The third kappa shape index (κ3) is 3.28. The van der Waals surface area contributed by atoms with Crippen LogP contribution >= 0.6 is 0 Å². The van der Waals surface area contributed by atoms with Gasteiger partial charge in [0.05, 0.1) is 6.10 Å². The number of methoxy groups -OCH3 is 2. The van der Waals surface area contributed by atoms with Gasteiger partial charge in [-0.15, -0.1) is 0 Å². The highest BCUT2D eigenvalue weighted by atomic mass is 16.5. The van der Waals surface area contributed by atoms with Crippen LogP contribution in [0.4, 0.5) is 0 Å². The van der Waals surface area contributed by atoms with E-state index in [2.05, 4.69) is 13.8 Å². The predicted molar refractivity (Wildman–Crippen MR) is 107 cm³/mol. The molecule has 2 spiro atoms. The minimum absolute atomic E-state index is 0.532. The summed E-state index contributed by atoms with van der Waals surface area (Å²) in [5.74, 6) is 4.43. The zero-order valence-corrected chi connectivity index (χ0v) is 17.8. The fourth-order valence-corrected chi connectivity index (χ4v) is 8.11. The lowest BCUT2D eigenvalue weighted by Crippen LogP contribution is -2.54. The van der Waals surface area contributed by atoms with Crippen LogP contribution in [0.3, 0.4) is 0 Å². The van der Waals surface area contributed by atoms with Gasteiger partial charge in [-0.2, -0.15) is 0 Å². The monoisotopic (exact) mass is 362 g/mol. The van der Waals surface area contributed by atoms with Crippen LogP contribution in [0.25, 0.3) is 0 Å². The lowest BCUT2D eigenvalue weighted by molar-refractivity contribution is -0.131. The van der Waals surface area contributed by atoms with Crippen LogP contribution in [-0.4, -0.2) is 26.9 Å². The van der Waals surface area contributed by atoms with Crippen molar-refractivity contribution in [1.29, 1.82) is 0 Å². The molecule has 4 fully saturated rings. The number of hydrogen-bond donors (Lipinski definition) is 0. The van der Waals surface area contributed by atoms with Crippen LogP contribution in [0, 0.1) is 40.4 Å². The Kier molecular flexibility index (Phi) is 5.47. The highest BCUT2D eigenvalue weighted by Gasteiger charge is 2.60. The molecular formula is C24H42O2. The summed E-state index contributed by atoms with van der Waals surface area (Å²) in [5.41, 5.74) is 1.28. The summed E-state index contributed by atoms with van der Waals surface area (Å²) in [5, 5.41) is 0. The molecule has 0 heterocycles. The van der Waals surface area contributed by atoms with Gasteiger partial charge >= 0.3 is 0 Å². The topological polar surface area (TPSA) is 18.5 Å². The smallest absolute Gasteiger partial charge is 0.0607 e. The van der Waals surface area contributed by atoms with Gasteiger partial charge in [-0.1, -0.05) is 26.7 Å². The fourth-order valence-electron chi connectivity index (χ4n) is 8.11. The molecule has 2 heteroatoms. The van der Waals surface area contributed by atoms with E-state index in [1.165, 1.54) is 70.6 Å². The summed E-state index contributed by atoms with van der Waals surface area (Å²) in [6.45, 7) is 5.97. The van der Waals surface area contributed by atoms with E-state index in [9.17, 15) is 0 Å². The summed E-state index contributed by atoms with van der Waals surface area (Å²) >= 11 is 0. The second kappa shape index (κ2) is 7.39. The predicted octanol–water partition coefficient (Wildman–Crippen LogP) is 6.09. The molecule has 4 rings (SSSR count). The highest BCUT2D eigenvalue weighted by molar-refractivity contribution is 5.09. The minimum Gasteiger partial charge on any atom is -0.384 e. The SMILES string of the molecule is COCC1CCC2(CC1)C[C@H](C)C2C1CC2(CCC(C)CC2)CC1OC.